The third kappa shape index (κ3) is 3.64. The van der Waals surface area contributed by atoms with Crippen molar-refractivity contribution < 1.29 is 4.42 Å². The highest BCUT2D eigenvalue weighted by molar-refractivity contribution is 6.10. The maximum Gasteiger partial charge on any atom is 0.135 e. The van der Waals surface area contributed by atoms with Crippen molar-refractivity contribution in [3.8, 4) is 34.1 Å². The van der Waals surface area contributed by atoms with Crippen LogP contribution in [0.1, 0.15) is 11.1 Å². The van der Waals surface area contributed by atoms with E-state index in [4.69, 9.17) is 9.40 Å². The summed E-state index contributed by atoms with van der Waals surface area (Å²) in [5.74, 6) is 0. The number of pyridine rings is 1. The molecule has 5 aromatic carbocycles. The van der Waals surface area contributed by atoms with Crippen LogP contribution in [-0.4, -0.2) is 9.55 Å². The number of hydrogen-bond acceptors (Lipinski definition) is 3. The van der Waals surface area contributed by atoms with Gasteiger partial charge in [-0.25, -0.2) is 0 Å². The molecule has 0 atom stereocenters. The van der Waals surface area contributed by atoms with E-state index in [9.17, 15) is 5.26 Å². The fourth-order valence-electron chi connectivity index (χ4n) is 6.06. The van der Waals surface area contributed by atoms with Gasteiger partial charge in [0, 0.05) is 39.0 Å². The number of furan rings is 1. The monoisotopic (exact) mass is 525 g/mol. The fourth-order valence-corrected chi connectivity index (χ4v) is 6.06. The van der Waals surface area contributed by atoms with Crippen molar-refractivity contribution in [1.29, 1.82) is 5.26 Å². The number of aryl methyl sites for hydroxylation is 1. The Hall–Kier alpha value is -5.66. The first kappa shape index (κ1) is 23.2. The van der Waals surface area contributed by atoms with Crippen LogP contribution in [0.2, 0.25) is 0 Å². The molecule has 0 aliphatic heterocycles. The lowest BCUT2D eigenvalue weighted by molar-refractivity contribution is 0.669. The molecule has 0 aliphatic rings. The zero-order valence-corrected chi connectivity index (χ0v) is 22.3. The molecule has 8 aromatic rings. The molecule has 0 unspecified atom stereocenters. The van der Waals surface area contributed by atoms with Crippen LogP contribution in [0.3, 0.4) is 0 Å². The molecule has 3 heterocycles. The van der Waals surface area contributed by atoms with E-state index in [1.54, 1.807) is 0 Å². The van der Waals surface area contributed by atoms with Crippen molar-refractivity contribution in [3.63, 3.8) is 0 Å². The molecule has 8 rings (SSSR count). The Morgan fingerprint density at radius 2 is 1.41 bits per heavy atom. The molecule has 192 valence electrons. The standard InChI is InChI=1S/C37H23N3O/c1-23-7-6-16-39-37(23)27-18-26(25-13-15-36-32(21-25)30-9-3-5-11-35(30)41-36)19-28(20-27)40-33-10-4-2-8-29(33)31-17-24(22-38)12-14-34(31)40/h2-21H,1H3. The first-order chi connectivity index (χ1) is 20.2. The Bertz CT molecular complexity index is 2350. The SMILES string of the molecule is Cc1cccnc1-c1cc(-c2ccc3oc4ccccc4c3c2)cc(-n2c3ccccc3c3cc(C#N)ccc32)c1. The Morgan fingerprint density at radius 1 is 0.634 bits per heavy atom. The van der Waals surface area contributed by atoms with Crippen LogP contribution < -0.4 is 0 Å². The van der Waals surface area contributed by atoms with Crippen LogP contribution in [0.4, 0.5) is 0 Å². The Balaban J connectivity index is 1.44. The number of nitriles is 1. The summed E-state index contributed by atoms with van der Waals surface area (Å²) in [6.07, 6.45) is 1.85. The predicted octanol–water partition coefficient (Wildman–Crippen LogP) is 9.59. The summed E-state index contributed by atoms with van der Waals surface area (Å²) in [6.45, 7) is 2.10. The molecule has 0 saturated heterocycles. The van der Waals surface area contributed by atoms with Gasteiger partial charge in [0.05, 0.1) is 28.4 Å². The van der Waals surface area contributed by atoms with E-state index >= 15 is 0 Å². The molecule has 0 aliphatic carbocycles. The first-order valence-corrected chi connectivity index (χ1v) is 13.6. The van der Waals surface area contributed by atoms with Gasteiger partial charge in [0.2, 0.25) is 0 Å². The summed E-state index contributed by atoms with van der Waals surface area (Å²) in [5, 5.41) is 14.0. The normalized spacial score (nSPS) is 11.5. The number of rotatable bonds is 3. The maximum absolute atomic E-state index is 9.60. The Morgan fingerprint density at radius 3 is 2.29 bits per heavy atom. The van der Waals surface area contributed by atoms with Crippen molar-refractivity contribution >= 4 is 43.7 Å². The van der Waals surface area contributed by atoms with E-state index in [0.29, 0.717) is 5.56 Å². The van der Waals surface area contributed by atoms with Crippen LogP contribution in [0, 0.1) is 18.3 Å². The van der Waals surface area contributed by atoms with Gasteiger partial charge in [-0.3, -0.25) is 4.98 Å². The molecule has 41 heavy (non-hydrogen) atoms. The maximum atomic E-state index is 9.60. The van der Waals surface area contributed by atoms with Gasteiger partial charge in [0.15, 0.2) is 0 Å². The Labute approximate surface area is 236 Å². The number of benzene rings is 5. The minimum Gasteiger partial charge on any atom is -0.456 e. The molecule has 0 radical (unpaired) electrons. The average molecular weight is 526 g/mol. The molecular weight excluding hydrogens is 502 g/mol. The van der Waals surface area contributed by atoms with E-state index in [2.05, 4.69) is 96.4 Å². The number of fused-ring (bicyclic) bond motifs is 6. The summed E-state index contributed by atoms with van der Waals surface area (Å²) in [7, 11) is 0. The molecule has 0 fully saturated rings. The summed E-state index contributed by atoms with van der Waals surface area (Å²) in [4.78, 5) is 4.78. The van der Waals surface area contributed by atoms with Gasteiger partial charge in [-0.2, -0.15) is 5.26 Å². The van der Waals surface area contributed by atoms with Crippen LogP contribution in [-0.2, 0) is 0 Å². The van der Waals surface area contributed by atoms with Crippen LogP contribution >= 0.6 is 0 Å². The molecule has 4 heteroatoms. The van der Waals surface area contributed by atoms with E-state index < -0.39 is 0 Å². The van der Waals surface area contributed by atoms with E-state index in [1.165, 1.54) is 0 Å². The van der Waals surface area contributed by atoms with Crippen LogP contribution in [0.5, 0.6) is 0 Å². The largest absolute Gasteiger partial charge is 0.456 e. The summed E-state index contributed by atoms with van der Waals surface area (Å²) in [6, 6.07) is 42.0. The van der Waals surface area contributed by atoms with Crippen molar-refractivity contribution in [2.45, 2.75) is 6.92 Å². The van der Waals surface area contributed by atoms with Crippen molar-refractivity contribution in [2.75, 3.05) is 0 Å². The van der Waals surface area contributed by atoms with Gasteiger partial charge in [-0.05, 0) is 90.3 Å². The van der Waals surface area contributed by atoms with Crippen LogP contribution in [0.25, 0.3) is 71.8 Å². The summed E-state index contributed by atoms with van der Waals surface area (Å²) in [5.41, 5.74) is 10.9. The number of nitrogens with zero attached hydrogens (tertiary/aromatic N) is 3. The predicted molar refractivity (Wildman–Crippen MR) is 166 cm³/mol. The molecule has 0 saturated carbocycles. The lowest BCUT2D eigenvalue weighted by atomic mass is 9.97. The lowest BCUT2D eigenvalue weighted by Gasteiger charge is -2.14. The first-order valence-electron chi connectivity index (χ1n) is 13.6. The zero-order valence-electron chi connectivity index (χ0n) is 22.3. The van der Waals surface area contributed by atoms with E-state index in [1.807, 2.05) is 42.6 Å². The fraction of sp³-hybridized carbons (Fsp3) is 0.0270. The molecule has 3 aromatic heterocycles. The highest BCUT2D eigenvalue weighted by atomic mass is 16.3. The molecular formula is C37H23N3O. The highest BCUT2D eigenvalue weighted by Gasteiger charge is 2.16. The van der Waals surface area contributed by atoms with Gasteiger partial charge >= 0.3 is 0 Å². The topological polar surface area (TPSA) is 54.8 Å². The molecule has 0 bridgehead atoms. The minimum absolute atomic E-state index is 0.652. The quantitative estimate of drug-likeness (QED) is 0.231. The summed E-state index contributed by atoms with van der Waals surface area (Å²) >= 11 is 0. The Kier molecular flexibility index (Phi) is 5.07. The third-order valence-electron chi connectivity index (χ3n) is 7.97. The minimum atomic E-state index is 0.652. The lowest BCUT2D eigenvalue weighted by Crippen LogP contribution is -1.97. The second-order valence-corrected chi connectivity index (χ2v) is 10.4. The second-order valence-electron chi connectivity index (χ2n) is 10.4. The highest BCUT2D eigenvalue weighted by Crippen LogP contribution is 2.38. The molecule has 0 N–H and O–H groups in total. The van der Waals surface area contributed by atoms with Crippen molar-refractivity contribution in [3.05, 3.63) is 133 Å². The van der Waals surface area contributed by atoms with E-state index in [-0.39, 0.29) is 0 Å². The van der Waals surface area contributed by atoms with Crippen molar-refractivity contribution in [1.82, 2.24) is 9.55 Å². The number of aromatic nitrogens is 2. The smallest absolute Gasteiger partial charge is 0.135 e. The van der Waals surface area contributed by atoms with Gasteiger partial charge in [-0.15, -0.1) is 0 Å². The van der Waals surface area contributed by atoms with Gasteiger partial charge in [0.25, 0.3) is 0 Å². The van der Waals surface area contributed by atoms with Crippen LogP contribution in [0.15, 0.2) is 126 Å². The van der Waals surface area contributed by atoms with Gasteiger partial charge < -0.3 is 8.98 Å². The van der Waals surface area contributed by atoms with Gasteiger partial charge in [-0.1, -0.05) is 48.5 Å². The van der Waals surface area contributed by atoms with Gasteiger partial charge in [0.1, 0.15) is 11.2 Å². The zero-order chi connectivity index (χ0) is 27.5. The average Bonchev–Trinajstić information content (AvgIpc) is 3.56. The van der Waals surface area contributed by atoms with Crippen molar-refractivity contribution in [2.24, 2.45) is 0 Å². The molecule has 4 nitrogen and oxygen atoms in total. The third-order valence-corrected chi connectivity index (χ3v) is 7.97. The summed E-state index contributed by atoms with van der Waals surface area (Å²) < 4.78 is 8.41. The molecule has 0 spiro atoms. The number of hydrogen-bond donors (Lipinski definition) is 0. The number of para-hydroxylation sites is 2. The van der Waals surface area contributed by atoms with E-state index in [0.717, 1.165) is 77.4 Å². The molecule has 0 amide bonds. The second kappa shape index (κ2) is 8.94.